The highest BCUT2D eigenvalue weighted by molar-refractivity contribution is 7.98. The number of phenols is 1. The number of phenolic OH excluding ortho intramolecular Hbond substituents is 1. The van der Waals surface area contributed by atoms with Crippen LogP contribution in [0.4, 0.5) is 0 Å². The van der Waals surface area contributed by atoms with Crippen LogP contribution in [0.15, 0.2) is 54.7 Å². The van der Waals surface area contributed by atoms with E-state index in [-0.39, 0.29) is 48.9 Å². The van der Waals surface area contributed by atoms with Crippen molar-refractivity contribution in [2.75, 3.05) is 17.8 Å². The zero-order chi connectivity index (χ0) is 60.7. The quantitative estimate of drug-likeness (QED) is 0.0250. The fourth-order valence-corrected chi connectivity index (χ4v) is 8.66. The predicted octanol–water partition coefficient (Wildman–Crippen LogP) is -3.92. The maximum Gasteiger partial charge on any atom is 0.326 e. The van der Waals surface area contributed by atoms with Gasteiger partial charge < -0.3 is 85.8 Å². The highest BCUT2D eigenvalue weighted by Crippen LogP contribution is 2.20. The second kappa shape index (κ2) is 33.0. The fourth-order valence-electron chi connectivity index (χ4n) is 8.02. The Labute approximate surface area is 475 Å². The Morgan fingerprint density at radius 3 is 1.57 bits per heavy atom. The van der Waals surface area contributed by atoms with E-state index in [2.05, 4.69) is 60.1 Å². The van der Waals surface area contributed by atoms with Crippen molar-refractivity contribution in [1.82, 2.24) is 47.5 Å². The standard InChI is InChI=1S/C51H73N13O15S2/c1-24(2)17-38(51(78)79)63-48(75)37(21-41(55)69)60-45(72)33(15-16-81-4)58-44(71)32(13-14-39(53)67)57-47(74)36(20-40(54)68)61-46(73)35(19-27-22-56-31-8-6-5-7-29(27)31)62-50(77)42(25(3)65)64-49(76)34(59-43(70)30(52)23-80)18-26-9-11-28(66)12-10-26/h5-12,22,24-25,30,32-38,42,56,65-66,80H,13-21,23,52H2,1-4H3,(H2,53,67)(H2,54,68)(H2,55,69)(H,57,74)(H,58,71)(H,59,70)(H,60,72)(H,61,73)(H,62,77)(H,63,75)(H,64,76)(H,78,79)/t25-,30+,32+,33+,34+,35+,36+,37+,38+,42+/m1/s1. The lowest BCUT2D eigenvalue weighted by atomic mass is 10.0. The van der Waals surface area contributed by atoms with E-state index in [1.807, 2.05) is 0 Å². The molecule has 30 heteroatoms. The number of aromatic nitrogens is 1. The van der Waals surface area contributed by atoms with E-state index in [0.717, 1.165) is 6.92 Å². The summed E-state index contributed by atoms with van der Waals surface area (Å²) in [6, 6.07) is -1.87. The summed E-state index contributed by atoms with van der Waals surface area (Å²) < 4.78 is 0. The van der Waals surface area contributed by atoms with Gasteiger partial charge in [0.25, 0.3) is 0 Å². The number of fused-ring (bicyclic) bond motifs is 1. The van der Waals surface area contributed by atoms with Crippen molar-refractivity contribution < 1.29 is 72.9 Å². The van der Waals surface area contributed by atoms with Crippen molar-refractivity contribution >= 4 is 106 Å². The second-order valence-electron chi connectivity index (χ2n) is 19.5. The summed E-state index contributed by atoms with van der Waals surface area (Å²) in [5.41, 5.74) is 23.7. The number of hydrogen-bond donors (Lipinski definition) is 17. The normalized spacial score (nSPS) is 14.9. The number of aliphatic hydroxyl groups excluding tert-OH is 1. The van der Waals surface area contributed by atoms with Gasteiger partial charge in [0.1, 0.15) is 54.1 Å². The third-order valence-electron chi connectivity index (χ3n) is 12.3. The molecule has 1 heterocycles. The first-order valence-corrected chi connectivity index (χ1v) is 27.5. The molecule has 2 aromatic carbocycles. The number of carbonyl (C=O) groups excluding carboxylic acids is 11. The lowest BCUT2D eigenvalue weighted by Crippen LogP contribution is -2.62. The van der Waals surface area contributed by atoms with Gasteiger partial charge in [-0.1, -0.05) is 44.2 Å². The number of thioether (sulfide) groups is 1. The molecule has 0 aliphatic heterocycles. The largest absolute Gasteiger partial charge is 0.508 e. The van der Waals surface area contributed by atoms with Gasteiger partial charge in [-0.25, -0.2) is 4.79 Å². The molecule has 10 atom stereocenters. The molecule has 0 bridgehead atoms. The number of aromatic amines is 1. The van der Waals surface area contributed by atoms with Gasteiger partial charge in [-0.2, -0.15) is 24.4 Å². The molecule has 0 aliphatic rings. The molecular formula is C51H73N13O15S2. The van der Waals surface area contributed by atoms with Crippen molar-refractivity contribution in [2.24, 2.45) is 28.9 Å². The zero-order valence-electron chi connectivity index (χ0n) is 45.0. The van der Waals surface area contributed by atoms with Crippen LogP contribution >= 0.6 is 24.4 Å². The molecule has 3 aromatic rings. The molecule has 0 aliphatic carbocycles. The van der Waals surface area contributed by atoms with Gasteiger partial charge in [-0.3, -0.25) is 52.7 Å². The average Bonchev–Trinajstić information content (AvgIpc) is 3.83. The first kappa shape index (κ1) is 67.3. The van der Waals surface area contributed by atoms with Gasteiger partial charge >= 0.3 is 5.97 Å². The smallest absolute Gasteiger partial charge is 0.326 e. The van der Waals surface area contributed by atoms with Gasteiger partial charge in [0.05, 0.1) is 25.0 Å². The number of benzene rings is 2. The molecule has 0 fully saturated rings. The molecule has 444 valence electrons. The van der Waals surface area contributed by atoms with Crippen LogP contribution in [0.1, 0.15) is 70.4 Å². The number of carboxylic acids is 1. The molecule has 0 radical (unpaired) electrons. The van der Waals surface area contributed by atoms with Crippen LogP contribution in [0.25, 0.3) is 10.9 Å². The number of rotatable bonds is 35. The number of nitrogens with one attached hydrogen (secondary N) is 9. The highest BCUT2D eigenvalue weighted by Gasteiger charge is 2.37. The Morgan fingerprint density at radius 1 is 0.593 bits per heavy atom. The Morgan fingerprint density at radius 2 is 1.06 bits per heavy atom. The van der Waals surface area contributed by atoms with Crippen molar-refractivity contribution in [2.45, 2.75) is 133 Å². The number of carbonyl (C=O) groups is 12. The van der Waals surface area contributed by atoms with E-state index in [1.54, 1.807) is 44.4 Å². The summed E-state index contributed by atoms with van der Waals surface area (Å²) in [7, 11) is 0. The van der Waals surface area contributed by atoms with Crippen molar-refractivity contribution in [1.29, 1.82) is 0 Å². The fraction of sp³-hybridized carbons (Fsp3) is 0.490. The number of aromatic hydroxyl groups is 1. The number of primary amides is 3. The lowest BCUT2D eigenvalue weighted by Gasteiger charge is -2.28. The number of carboxylic acid groups (broad SMARTS) is 1. The minimum Gasteiger partial charge on any atom is -0.508 e. The van der Waals surface area contributed by atoms with E-state index in [0.29, 0.717) is 22.0 Å². The molecule has 0 saturated carbocycles. The molecular weight excluding hydrogens is 1100 g/mol. The van der Waals surface area contributed by atoms with Gasteiger partial charge in [0.15, 0.2) is 0 Å². The van der Waals surface area contributed by atoms with Crippen LogP contribution in [0.3, 0.4) is 0 Å². The molecule has 28 nitrogen and oxygen atoms in total. The minimum atomic E-state index is -1.92. The van der Waals surface area contributed by atoms with Crippen LogP contribution in [0.5, 0.6) is 5.75 Å². The van der Waals surface area contributed by atoms with E-state index in [1.165, 1.54) is 42.2 Å². The van der Waals surface area contributed by atoms with E-state index >= 15 is 0 Å². The Balaban J connectivity index is 1.98. The van der Waals surface area contributed by atoms with Crippen molar-refractivity contribution in [3.05, 3.63) is 65.9 Å². The van der Waals surface area contributed by atoms with Gasteiger partial charge in [-0.15, -0.1) is 0 Å². The number of aliphatic hydroxyl groups is 1. The maximum atomic E-state index is 14.5. The molecule has 20 N–H and O–H groups in total. The minimum absolute atomic E-state index is 0.00946. The molecule has 0 spiro atoms. The maximum absolute atomic E-state index is 14.5. The summed E-state index contributed by atoms with van der Waals surface area (Å²) in [6.07, 6.45) is -1.87. The van der Waals surface area contributed by atoms with E-state index < -0.39 is 157 Å². The number of para-hydroxylation sites is 1. The van der Waals surface area contributed by atoms with E-state index in [4.69, 9.17) is 22.9 Å². The Hall–Kier alpha value is -7.96. The monoisotopic (exact) mass is 1170 g/mol. The first-order valence-electron chi connectivity index (χ1n) is 25.5. The third-order valence-corrected chi connectivity index (χ3v) is 13.3. The van der Waals surface area contributed by atoms with Crippen LogP contribution in [0, 0.1) is 5.92 Å². The summed E-state index contributed by atoms with van der Waals surface area (Å²) in [6.45, 7) is 4.57. The topological polar surface area (TPSA) is 482 Å². The number of aliphatic carboxylic acids is 1. The highest BCUT2D eigenvalue weighted by atomic mass is 32.2. The third kappa shape index (κ3) is 22.6. The lowest BCUT2D eigenvalue weighted by molar-refractivity contribution is -0.143. The second-order valence-corrected chi connectivity index (χ2v) is 20.8. The van der Waals surface area contributed by atoms with Crippen LogP contribution in [-0.2, 0) is 70.4 Å². The number of amides is 11. The average molecular weight is 1170 g/mol. The molecule has 3 rings (SSSR count). The van der Waals surface area contributed by atoms with Crippen molar-refractivity contribution in [3.63, 3.8) is 0 Å². The Bertz CT molecular complexity index is 2730. The first-order chi connectivity index (χ1) is 38.1. The van der Waals surface area contributed by atoms with Crippen LogP contribution in [-0.4, -0.2) is 169 Å². The summed E-state index contributed by atoms with van der Waals surface area (Å²) in [5.74, 6) is -13.2. The van der Waals surface area contributed by atoms with Gasteiger partial charge in [-0.05, 0) is 73.4 Å². The number of thiol groups is 1. The predicted molar refractivity (Wildman–Crippen MR) is 299 cm³/mol. The molecule has 0 saturated heterocycles. The molecule has 11 amide bonds. The number of nitrogens with two attached hydrogens (primary N) is 4. The number of H-pyrrole nitrogens is 1. The van der Waals surface area contributed by atoms with Gasteiger partial charge in [0.2, 0.25) is 65.0 Å². The molecule has 81 heavy (non-hydrogen) atoms. The van der Waals surface area contributed by atoms with Gasteiger partial charge in [0, 0.05) is 42.1 Å². The number of hydrogen-bond acceptors (Lipinski definition) is 17. The zero-order valence-corrected chi connectivity index (χ0v) is 46.7. The van der Waals surface area contributed by atoms with Crippen LogP contribution in [0.2, 0.25) is 0 Å². The molecule has 1 aromatic heterocycles. The summed E-state index contributed by atoms with van der Waals surface area (Å²) >= 11 is 5.28. The van der Waals surface area contributed by atoms with E-state index in [9.17, 15) is 72.9 Å². The molecule has 0 unspecified atom stereocenters. The SMILES string of the molecule is CSCC[C@H](NC(=O)[C@H](CCC(N)=O)NC(=O)[C@H](CC(N)=O)NC(=O)[C@H](Cc1c[nH]c2ccccc12)NC(=O)[C@@H](NC(=O)[C@H](Cc1ccc(O)cc1)NC(=O)[C@@H](N)CS)[C@@H](C)O)C(=O)N[C@@H](CC(N)=O)C(=O)N[C@@H](CC(C)C)C(=O)O. The summed E-state index contributed by atoms with van der Waals surface area (Å²) in [4.78, 5) is 163. The summed E-state index contributed by atoms with van der Waals surface area (Å²) in [5, 5.41) is 50.2. The van der Waals surface area contributed by atoms with Crippen LogP contribution < -0.4 is 65.5 Å². The van der Waals surface area contributed by atoms with Crippen molar-refractivity contribution in [3.8, 4) is 5.75 Å². The Kier molecular flexibility index (Phi) is 27.4.